The van der Waals surface area contributed by atoms with E-state index in [1.807, 2.05) is 17.8 Å². The van der Waals surface area contributed by atoms with Crippen LogP contribution < -0.4 is 5.32 Å². The van der Waals surface area contributed by atoms with Crippen molar-refractivity contribution in [3.05, 3.63) is 40.9 Å². The van der Waals surface area contributed by atoms with E-state index in [9.17, 15) is 0 Å². The minimum absolute atomic E-state index is 0.464. The van der Waals surface area contributed by atoms with Crippen LogP contribution in [0.1, 0.15) is 23.4 Å². The number of aromatic nitrogens is 2. The van der Waals surface area contributed by atoms with E-state index in [2.05, 4.69) is 46.0 Å². The van der Waals surface area contributed by atoms with Gasteiger partial charge in [0.05, 0.1) is 0 Å². The molecule has 19 heavy (non-hydrogen) atoms. The number of nitrogens with zero attached hydrogens (tertiary/aromatic N) is 2. The summed E-state index contributed by atoms with van der Waals surface area (Å²) in [7, 11) is 0. The summed E-state index contributed by atoms with van der Waals surface area (Å²) in [6, 6.07) is 10.4. The molecule has 100 valence electrons. The Morgan fingerprint density at radius 3 is 2.74 bits per heavy atom. The van der Waals surface area contributed by atoms with E-state index in [-0.39, 0.29) is 0 Å². The SMILES string of the molecule is CSC1(CNc2nnc(Cc3ccccc3)s2)CC1. The Morgan fingerprint density at radius 1 is 1.26 bits per heavy atom. The number of thioether (sulfide) groups is 1. The monoisotopic (exact) mass is 291 g/mol. The molecule has 3 nitrogen and oxygen atoms in total. The predicted octanol–water partition coefficient (Wildman–Crippen LogP) is 3.44. The second kappa shape index (κ2) is 5.51. The fourth-order valence-electron chi connectivity index (χ4n) is 2.00. The minimum Gasteiger partial charge on any atom is -0.359 e. The van der Waals surface area contributed by atoms with Gasteiger partial charge >= 0.3 is 0 Å². The summed E-state index contributed by atoms with van der Waals surface area (Å²) in [5, 5.41) is 13.9. The van der Waals surface area contributed by atoms with Gasteiger partial charge in [-0.1, -0.05) is 41.7 Å². The Bertz CT molecular complexity index is 535. The van der Waals surface area contributed by atoms with Crippen molar-refractivity contribution in [2.45, 2.75) is 24.0 Å². The lowest BCUT2D eigenvalue weighted by Crippen LogP contribution is -2.17. The lowest BCUT2D eigenvalue weighted by Gasteiger charge is -2.11. The molecular weight excluding hydrogens is 274 g/mol. The van der Waals surface area contributed by atoms with E-state index in [1.165, 1.54) is 18.4 Å². The summed E-state index contributed by atoms with van der Waals surface area (Å²) in [5.41, 5.74) is 1.29. The first-order valence-electron chi connectivity index (χ1n) is 6.45. The van der Waals surface area contributed by atoms with Crippen molar-refractivity contribution >= 4 is 28.2 Å². The van der Waals surface area contributed by atoms with Crippen molar-refractivity contribution in [2.24, 2.45) is 0 Å². The van der Waals surface area contributed by atoms with E-state index in [0.29, 0.717) is 4.75 Å². The smallest absolute Gasteiger partial charge is 0.205 e. The average Bonchev–Trinajstić information content (AvgIpc) is 3.11. The van der Waals surface area contributed by atoms with Crippen LogP contribution in [0.5, 0.6) is 0 Å². The molecule has 2 aromatic rings. The molecule has 0 atom stereocenters. The third-order valence-corrected chi connectivity index (χ3v) is 5.77. The first-order valence-corrected chi connectivity index (χ1v) is 8.49. The Labute approximate surface area is 121 Å². The zero-order valence-corrected chi connectivity index (χ0v) is 12.6. The van der Waals surface area contributed by atoms with Crippen LogP contribution in [0.15, 0.2) is 30.3 Å². The molecule has 0 radical (unpaired) electrons. The molecule has 3 rings (SSSR count). The zero-order valence-electron chi connectivity index (χ0n) is 10.9. The number of benzene rings is 1. The number of anilines is 1. The molecule has 1 aliphatic rings. The highest BCUT2D eigenvalue weighted by atomic mass is 32.2. The van der Waals surface area contributed by atoms with Crippen LogP contribution in [0.3, 0.4) is 0 Å². The maximum Gasteiger partial charge on any atom is 0.205 e. The van der Waals surface area contributed by atoms with Crippen molar-refractivity contribution in [3.8, 4) is 0 Å². The van der Waals surface area contributed by atoms with Crippen molar-refractivity contribution in [2.75, 3.05) is 18.1 Å². The summed E-state index contributed by atoms with van der Waals surface area (Å²) in [5.74, 6) is 0. The van der Waals surface area contributed by atoms with Gasteiger partial charge in [0, 0.05) is 17.7 Å². The molecule has 5 heteroatoms. The van der Waals surface area contributed by atoms with Gasteiger partial charge in [-0.25, -0.2) is 0 Å². The van der Waals surface area contributed by atoms with Crippen LogP contribution in [-0.4, -0.2) is 27.7 Å². The Balaban J connectivity index is 1.57. The molecule has 1 aliphatic carbocycles. The van der Waals surface area contributed by atoms with Gasteiger partial charge in [0.1, 0.15) is 5.01 Å². The topological polar surface area (TPSA) is 37.8 Å². The van der Waals surface area contributed by atoms with E-state index in [0.717, 1.165) is 23.1 Å². The van der Waals surface area contributed by atoms with Gasteiger partial charge in [-0.2, -0.15) is 11.8 Å². The van der Waals surface area contributed by atoms with Gasteiger partial charge in [-0.15, -0.1) is 10.2 Å². The van der Waals surface area contributed by atoms with Crippen molar-refractivity contribution in [1.29, 1.82) is 0 Å². The molecule has 0 aliphatic heterocycles. The average molecular weight is 291 g/mol. The standard InChI is InChI=1S/C14H17N3S2/c1-18-14(7-8-14)10-15-13-17-16-12(19-13)9-11-5-3-2-4-6-11/h2-6H,7-10H2,1H3,(H,15,17). The fraction of sp³-hybridized carbons (Fsp3) is 0.429. The van der Waals surface area contributed by atoms with Crippen LogP contribution in [0, 0.1) is 0 Å². The second-order valence-electron chi connectivity index (χ2n) is 4.90. The quantitative estimate of drug-likeness (QED) is 0.885. The van der Waals surface area contributed by atoms with Crippen LogP contribution in [0.4, 0.5) is 5.13 Å². The second-order valence-corrected chi connectivity index (χ2v) is 7.24. The minimum atomic E-state index is 0.464. The molecule has 0 saturated heterocycles. The molecule has 0 bridgehead atoms. The van der Waals surface area contributed by atoms with E-state index in [4.69, 9.17) is 0 Å². The fourth-order valence-corrected chi connectivity index (χ4v) is 3.49. The lowest BCUT2D eigenvalue weighted by molar-refractivity contribution is 0.931. The third-order valence-electron chi connectivity index (χ3n) is 3.47. The maximum atomic E-state index is 4.26. The summed E-state index contributed by atoms with van der Waals surface area (Å²) < 4.78 is 0.464. The summed E-state index contributed by atoms with van der Waals surface area (Å²) in [4.78, 5) is 0. The molecular formula is C14H17N3S2. The van der Waals surface area contributed by atoms with Crippen LogP contribution in [0.25, 0.3) is 0 Å². The zero-order chi connectivity index (χ0) is 13.1. The highest BCUT2D eigenvalue weighted by Gasteiger charge is 2.41. The first kappa shape index (κ1) is 12.9. The predicted molar refractivity (Wildman–Crippen MR) is 83.1 cm³/mol. The molecule has 0 amide bonds. The largest absolute Gasteiger partial charge is 0.359 e. The summed E-state index contributed by atoms with van der Waals surface area (Å²) >= 11 is 3.62. The van der Waals surface area contributed by atoms with Crippen LogP contribution in [0.2, 0.25) is 0 Å². The van der Waals surface area contributed by atoms with Crippen molar-refractivity contribution in [3.63, 3.8) is 0 Å². The summed E-state index contributed by atoms with van der Waals surface area (Å²) in [6.07, 6.45) is 5.69. The summed E-state index contributed by atoms with van der Waals surface area (Å²) in [6.45, 7) is 1.01. The molecule has 1 aromatic heterocycles. The highest BCUT2D eigenvalue weighted by Crippen LogP contribution is 2.47. The number of nitrogens with one attached hydrogen (secondary N) is 1. The number of rotatable bonds is 6. The molecule has 1 saturated carbocycles. The lowest BCUT2D eigenvalue weighted by atomic mass is 10.2. The highest BCUT2D eigenvalue weighted by molar-refractivity contribution is 8.00. The maximum absolute atomic E-state index is 4.26. The van der Waals surface area contributed by atoms with Gasteiger partial charge in [0.25, 0.3) is 0 Å². The van der Waals surface area contributed by atoms with Crippen molar-refractivity contribution < 1.29 is 0 Å². The molecule has 1 N–H and O–H groups in total. The molecule has 0 spiro atoms. The van der Waals surface area contributed by atoms with Crippen LogP contribution in [-0.2, 0) is 6.42 Å². The number of hydrogen-bond donors (Lipinski definition) is 1. The molecule has 1 aromatic carbocycles. The van der Waals surface area contributed by atoms with E-state index < -0.39 is 0 Å². The molecule has 1 heterocycles. The van der Waals surface area contributed by atoms with E-state index in [1.54, 1.807) is 11.3 Å². The van der Waals surface area contributed by atoms with Crippen molar-refractivity contribution in [1.82, 2.24) is 10.2 Å². The first-order chi connectivity index (χ1) is 9.30. The Hall–Kier alpha value is -1.07. The van der Waals surface area contributed by atoms with Crippen LogP contribution >= 0.6 is 23.1 Å². The third kappa shape index (κ3) is 3.28. The Morgan fingerprint density at radius 2 is 2.05 bits per heavy atom. The Kier molecular flexibility index (Phi) is 3.75. The van der Waals surface area contributed by atoms with Gasteiger partial charge in [-0.05, 0) is 24.7 Å². The molecule has 0 unspecified atom stereocenters. The van der Waals surface area contributed by atoms with Gasteiger partial charge in [0.15, 0.2) is 0 Å². The number of hydrogen-bond acceptors (Lipinski definition) is 5. The van der Waals surface area contributed by atoms with Gasteiger partial charge in [0.2, 0.25) is 5.13 Å². The van der Waals surface area contributed by atoms with E-state index >= 15 is 0 Å². The molecule has 1 fully saturated rings. The normalized spacial score (nSPS) is 16.3. The van der Waals surface area contributed by atoms with Gasteiger partial charge < -0.3 is 5.32 Å². The van der Waals surface area contributed by atoms with Gasteiger partial charge in [-0.3, -0.25) is 0 Å².